The first-order chi connectivity index (χ1) is 9.08. The lowest BCUT2D eigenvalue weighted by molar-refractivity contribution is 0.0598. The van der Waals surface area contributed by atoms with E-state index in [1.165, 1.54) is 19.3 Å². The fourth-order valence-electron chi connectivity index (χ4n) is 3.91. The van der Waals surface area contributed by atoms with Crippen molar-refractivity contribution in [1.29, 1.82) is 0 Å². The van der Waals surface area contributed by atoms with E-state index in [0.29, 0.717) is 35.3 Å². The van der Waals surface area contributed by atoms with Gasteiger partial charge < -0.3 is 9.32 Å². The van der Waals surface area contributed by atoms with E-state index < -0.39 is 0 Å². The van der Waals surface area contributed by atoms with Gasteiger partial charge in [-0.3, -0.25) is 4.79 Å². The molecule has 3 atom stereocenters. The predicted molar refractivity (Wildman–Crippen MR) is 72.0 cm³/mol. The van der Waals surface area contributed by atoms with Gasteiger partial charge in [0.05, 0.1) is 5.69 Å². The van der Waals surface area contributed by atoms with E-state index in [-0.39, 0.29) is 5.91 Å². The molecule has 3 rings (SSSR count). The third kappa shape index (κ3) is 2.07. The highest BCUT2D eigenvalue weighted by atomic mass is 16.4. The summed E-state index contributed by atoms with van der Waals surface area (Å²) in [6, 6.07) is 0.742. The zero-order valence-electron chi connectivity index (χ0n) is 12.0. The highest BCUT2D eigenvalue weighted by Crippen LogP contribution is 2.40. The molecule has 1 aliphatic carbocycles. The normalized spacial score (nSPS) is 30.5. The number of aryl methyl sites for hydroxylation is 2. The van der Waals surface area contributed by atoms with Crippen LogP contribution < -0.4 is 0 Å². The smallest absolute Gasteiger partial charge is 0.292 e. The van der Waals surface area contributed by atoms with E-state index in [4.69, 9.17) is 4.42 Å². The second-order valence-corrected chi connectivity index (χ2v) is 6.06. The van der Waals surface area contributed by atoms with Crippen molar-refractivity contribution in [1.82, 2.24) is 9.88 Å². The minimum absolute atomic E-state index is 0.0417. The van der Waals surface area contributed by atoms with Gasteiger partial charge in [-0.2, -0.15) is 0 Å². The van der Waals surface area contributed by atoms with Gasteiger partial charge in [-0.1, -0.05) is 12.8 Å². The minimum Gasteiger partial charge on any atom is -0.436 e. The molecular weight excluding hydrogens is 240 g/mol. The number of hydrogen-bond donors (Lipinski definition) is 0. The number of aromatic nitrogens is 1. The molecule has 1 aromatic rings. The van der Waals surface area contributed by atoms with Gasteiger partial charge in [0.25, 0.3) is 5.91 Å². The van der Waals surface area contributed by atoms with Crippen molar-refractivity contribution < 1.29 is 9.21 Å². The average molecular weight is 262 g/mol. The van der Waals surface area contributed by atoms with Crippen molar-refractivity contribution in [2.45, 2.75) is 65.0 Å². The van der Waals surface area contributed by atoms with Crippen LogP contribution in [0.25, 0.3) is 0 Å². The molecule has 0 N–H and O–H groups in total. The molecule has 3 unspecified atom stereocenters. The number of hydrogen-bond acceptors (Lipinski definition) is 3. The molecule has 1 aromatic heterocycles. The van der Waals surface area contributed by atoms with Crippen molar-refractivity contribution >= 4 is 5.91 Å². The summed E-state index contributed by atoms with van der Waals surface area (Å²) in [7, 11) is 0. The molecule has 1 aliphatic heterocycles. The van der Waals surface area contributed by atoms with Crippen LogP contribution in [0.3, 0.4) is 0 Å². The highest BCUT2D eigenvalue weighted by molar-refractivity contribution is 5.93. The Morgan fingerprint density at radius 2 is 2.05 bits per heavy atom. The standard InChI is InChI=1S/C15H22N2O2/c1-9-8-12-6-4-5-7-13(12)17(9)15(18)14-10(2)16-11(3)19-14/h9,12-13H,4-8H2,1-3H3. The average Bonchev–Trinajstić information content (AvgIpc) is 2.87. The Bertz CT molecular complexity index is 494. The van der Waals surface area contributed by atoms with Crippen LogP contribution in [0, 0.1) is 19.8 Å². The van der Waals surface area contributed by atoms with Crippen molar-refractivity contribution in [2.75, 3.05) is 0 Å². The predicted octanol–water partition coefficient (Wildman–Crippen LogP) is 3.08. The summed E-state index contributed by atoms with van der Waals surface area (Å²) in [6.07, 6.45) is 6.12. The van der Waals surface area contributed by atoms with Crippen molar-refractivity contribution in [3.63, 3.8) is 0 Å². The molecule has 19 heavy (non-hydrogen) atoms. The van der Waals surface area contributed by atoms with Gasteiger partial charge in [0.1, 0.15) is 0 Å². The number of carbonyl (C=O) groups is 1. The van der Waals surface area contributed by atoms with E-state index >= 15 is 0 Å². The molecule has 4 heteroatoms. The fourth-order valence-corrected chi connectivity index (χ4v) is 3.91. The molecule has 4 nitrogen and oxygen atoms in total. The highest BCUT2D eigenvalue weighted by Gasteiger charge is 2.43. The van der Waals surface area contributed by atoms with E-state index in [9.17, 15) is 4.79 Å². The number of oxazole rings is 1. The Hall–Kier alpha value is -1.32. The van der Waals surface area contributed by atoms with Crippen molar-refractivity contribution in [3.05, 3.63) is 17.3 Å². The first kappa shape index (κ1) is 12.7. The number of carbonyl (C=O) groups excluding carboxylic acids is 1. The molecule has 1 saturated heterocycles. The van der Waals surface area contributed by atoms with E-state index in [1.807, 2.05) is 6.92 Å². The quantitative estimate of drug-likeness (QED) is 0.781. The fraction of sp³-hybridized carbons (Fsp3) is 0.733. The Morgan fingerprint density at radius 3 is 2.74 bits per heavy atom. The topological polar surface area (TPSA) is 46.3 Å². The largest absolute Gasteiger partial charge is 0.436 e. The van der Waals surface area contributed by atoms with Gasteiger partial charge in [0, 0.05) is 19.0 Å². The molecule has 1 saturated carbocycles. The molecule has 2 heterocycles. The first-order valence-electron chi connectivity index (χ1n) is 7.34. The zero-order valence-corrected chi connectivity index (χ0v) is 12.0. The lowest BCUT2D eigenvalue weighted by Gasteiger charge is -2.32. The Kier molecular flexibility index (Phi) is 3.11. The maximum Gasteiger partial charge on any atom is 0.292 e. The van der Waals surface area contributed by atoms with Gasteiger partial charge in [0.15, 0.2) is 5.89 Å². The summed E-state index contributed by atoms with van der Waals surface area (Å²) in [4.78, 5) is 19.0. The van der Waals surface area contributed by atoms with Crippen LogP contribution in [-0.4, -0.2) is 27.9 Å². The zero-order chi connectivity index (χ0) is 13.6. The molecule has 2 aliphatic rings. The summed E-state index contributed by atoms with van der Waals surface area (Å²) in [6.45, 7) is 5.80. The van der Waals surface area contributed by atoms with Crippen molar-refractivity contribution in [3.8, 4) is 0 Å². The molecule has 2 fully saturated rings. The van der Waals surface area contributed by atoms with Crippen LogP contribution >= 0.6 is 0 Å². The van der Waals surface area contributed by atoms with Gasteiger partial charge in [-0.15, -0.1) is 0 Å². The summed E-state index contributed by atoms with van der Waals surface area (Å²) in [5.74, 6) is 1.75. The lowest BCUT2D eigenvalue weighted by atomic mass is 9.85. The third-order valence-electron chi connectivity index (χ3n) is 4.68. The molecule has 0 radical (unpaired) electrons. The number of likely N-dealkylation sites (tertiary alicyclic amines) is 1. The summed E-state index contributed by atoms with van der Waals surface area (Å²) >= 11 is 0. The Morgan fingerprint density at radius 1 is 1.32 bits per heavy atom. The maximum absolute atomic E-state index is 12.7. The van der Waals surface area contributed by atoms with Crippen LogP contribution in [0.4, 0.5) is 0 Å². The summed E-state index contributed by atoms with van der Waals surface area (Å²) < 4.78 is 5.51. The number of rotatable bonds is 1. The van der Waals surface area contributed by atoms with Gasteiger partial charge >= 0.3 is 0 Å². The Labute approximate surface area is 114 Å². The summed E-state index contributed by atoms with van der Waals surface area (Å²) in [5.41, 5.74) is 0.717. The summed E-state index contributed by atoms with van der Waals surface area (Å²) in [5, 5.41) is 0. The molecule has 0 aromatic carbocycles. The van der Waals surface area contributed by atoms with E-state index in [0.717, 1.165) is 12.8 Å². The number of amides is 1. The van der Waals surface area contributed by atoms with Crippen LogP contribution in [0.1, 0.15) is 61.2 Å². The second kappa shape index (κ2) is 4.66. The van der Waals surface area contributed by atoms with Gasteiger partial charge in [-0.25, -0.2) is 4.98 Å². The van der Waals surface area contributed by atoms with Crippen molar-refractivity contribution in [2.24, 2.45) is 5.92 Å². The lowest BCUT2D eigenvalue weighted by Crippen LogP contribution is -2.42. The molecular formula is C15H22N2O2. The monoisotopic (exact) mass is 262 g/mol. The molecule has 0 bridgehead atoms. The molecule has 0 spiro atoms. The molecule has 1 amide bonds. The first-order valence-corrected chi connectivity index (χ1v) is 7.34. The molecule has 104 valence electrons. The van der Waals surface area contributed by atoms with Crippen LogP contribution in [-0.2, 0) is 0 Å². The van der Waals surface area contributed by atoms with Crippen LogP contribution in [0.15, 0.2) is 4.42 Å². The number of fused-ring (bicyclic) bond motifs is 1. The minimum atomic E-state index is 0.0417. The third-order valence-corrected chi connectivity index (χ3v) is 4.68. The van der Waals surface area contributed by atoms with Crippen LogP contribution in [0.2, 0.25) is 0 Å². The Balaban J connectivity index is 1.88. The van der Waals surface area contributed by atoms with E-state index in [1.54, 1.807) is 6.92 Å². The SMILES string of the molecule is Cc1nc(C)c(C(=O)N2C(C)CC3CCCCC32)o1. The second-order valence-electron chi connectivity index (χ2n) is 6.06. The maximum atomic E-state index is 12.7. The van der Waals surface area contributed by atoms with Gasteiger partial charge in [-0.05, 0) is 39.0 Å². The van der Waals surface area contributed by atoms with E-state index in [2.05, 4.69) is 16.8 Å². The van der Waals surface area contributed by atoms with Gasteiger partial charge in [0.2, 0.25) is 5.76 Å². The number of nitrogens with zero attached hydrogens (tertiary/aromatic N) is 2. The van der Waals surface area contributed by atoms with Crippen LogP contribution in [0.5, 0.6) is 0 Å².